The summed E-state index contributed by atoms with van der Waals surface area (Å²) in [5, 5.41) is 0. The van der Waals surface area contributed by atoms with Gasteiger partial charge in [0.1, 0.15) is 0 Å². The summed E-state index contributed by atoms with van der Waals surface area (Å²) in [7, 11) is 0. The zero-order valence-electron chi connectivity index (χ0n) is 9.77. The Bertz CT molecular complexity index is 372. The fourth-order valence-electron chi connectivity index (χ4n) is 1.83. The predicted molar refractivity (Wildman–Crippen MR) is 63.7 cm³/mol. The van der Waals surface area contributed by atoms with Gasteiger partial charge in [-0.1, -0.05) is 24.6 Å². The van der Waals surface area contributed by atoms with Gasteiger partial charge in [0.25, 0.3) is 0 Å². The second-order valence-electron chi connectivity index (χ2n) is 4.30. The zero-order chi connectivity index (χ0) is 11.5. The number of ether oxygens (including phenoxy) is 1. The van der Waals surface area contributed by atoms with Crippen LogP contribution in [0.2, 0.25) is 0 Å². The number of carbonyl (C=O) groups is 1. The molecule has 16 heavy (non-hydrogen) atoms. The van der Waals surface area contributed by atoms with Crippen LogP contribution in [0.15, 0.2) is 24.3 Å². The molecule has 1 saturated heterocycles. The van der Waals surface area contributed by atoms with E-state index in [-0.39, 0.29) is 6.09 Å². The lowest BCUT2D eigenvalue weighted by Crippen LogP contribution is -2.42. The monoisotopic (exact) mass is 219 g/mol. The lowest BCUT2D eigenvalue weighted by atomic mass is 10.1. The van der Waals surface area contributed by atoms with Crippen molar-refractivity contribution in [3.05, 3.63) is 29.8 Å². The van der Waals surface area contributed by atoms with Gasteiger partial charge in [0.2, 0.25) is 0 Å². The van der Waals surface area contributed by atoms with Crippen LogP contribution in [0.4, 0.5) is 10.5 Å². The molecular weight excluding hydrogens is 202 g/mol. The summed E-state index contributed by atoms with van der Waals surface area (Å²) in [6, 6.07) is 7.96. The summed E-state index contributed by atoms with van der Waals surface area (Å²) < 4.78 is 5.17. The van der Waals surface area contributed by atoms with Crippen LogP contribution in [0.25, 0.3) is 0 Å². The van der Waals surface area contributed by atoms with Gasteiger partial charge in [-0.05, 0) is 25.5 Å². The van der Waals surface area contributed by atoms with Crippen molar-refractivity contribution in [3.63, 3.8) is 0 Å². The number of hydrogen-bond acceptors (Lipinski definition) is 2. The van der Waals surface area contributed by atoms with E-state index in [0.717, 1.165) is 18.7 Å². The van der Waals surface area contributed by atoms with Crippen molar-refractivity contribution in [2.75, 3.05) is 18.1 Å². The van der Waals surface area contributed by atoms with E-state index in [1.165, 1.54) is 5.56 Å². The number of hydrogen-bond donors (Lipinski definition) is 0. The van der Waals surface area contributed by atoms with Crippen LogP contribution in [-0.2, 0) is 4.74 Å². The summed E-state index contributed by atoms with van der Waals surface area (Å²) in [5.74, 6) is 0.444. The number of carbonyl (C=O) groups excluding carboxylic acids is 1. The number of aryl methyl sites for hydroxylation is 1. The van der Waals surface area contributed by atoms with E-state index in [9.17, 15) is 4.79 Å². The molecule has 0 N–H and O–H groups in total. The molecule has 1 aromatic rings. The second-order valence-corrected chi connectivity index (χ2v) is 4.30. The van der Waals surface area contributed by atoms with E-state index in [1.54, 1.807) is 4.90 Å². The van der Waals surface area contributed by atoms with Crippen molar-refractivity contribution in [2.24, 2.45) is 5.92 Å². The molecule has 1 heterocycles. The van der Waals surface area contributed by atoms with Gasteiger partial charge in [-0.25, -0.2) is 4.79 Å². The van der Waals surface area contributed by atoms with Crippen LogP contribution in [0, 0.1) is 12.8 Å². The predicted octanol–water partition coefficient (Wildman–Crippen LogP) is 2.98. The maximum absolute atomic E-state index is 11.6. The summed E-state index contributed by atoms with van der Waals surface area (Å²) >= 11 is 0. The van der Waals surface area contributed by atoms with Crippen molar-refractivity contribution in [3.8, 4) is 0 Å². The Hall–Kier alpha value is -1.51. The smallest absolute Gasteiger partial charge is 0.414 e. The van der Waals surface area contributed by atoms with E-state index in [4.69, 9.17) is 4.74 Å². The topological polar surface area (TPSA) is 29.5 Å². The van der Waals surface area contributed by atoms with Crippen LogP contribution < -0.4 is 4.90 Å². The van der Waals surface area contributed by atoms with Crippen molar-refractivity contribution in [1.82, 2.24) is 0 Å². The van der Waals surface area contributed by atoms with Crippen LogP contribution >= 0.6 is 0 Å². The molecule has 1 amide bonds. The van der Waals surface area contributed by atoms with E-state index < -0.39 is 0 Å². The van der Waals surface area contributed by atoms with Gasteiger partial charge in [0.15, 0.2) is 0 Å². The number of amides is 1. The fraction of sp³-hybridized carbons (Fsp3) is 0.462. The Morgan fingerprint density at radius 1 is 1.38 bits per heavy atom. The first-order valence-electron chi connectivity index (χ1n) is 5.71. The first kappa shape index (κ1) is 11.0. The molecule has 0 aliphatic carbocycles. The van der Waals surface area contributed by atoms with Gasteiger partial charge >= 0.3 is 6.09 Å². The summed E-state index contributed by atoms with van der Waals surface area (Å²) in [6.07, 6.45) is 0.809. The average Bonchev–Trinajstić information content (AvgIpc) is 2.31. The summed E-state index contributed by atoms with van der Waals surface area (Å²) in [4.78, 5) is 13.4. The molecule has 0 saturated carbocycles. The highest BCUT2D eigenvalue weighted by atomic mass is 16.6. The van der Waals surface area contributed by atoms with Crippen LogP contribution in [0.5, 0.6) is 0 Å². The first-order valence-corrected chi connectivity index (χ1v) is 5.71. The second kappa shape index (κ2) is 4.56. The van der Waals surface area contributed by atoms with Crippen molar-refractivity contribution < 1.29 is 9.53 Å². The van der Waals surface area contributed by atoms with Gasteiger partial charge in [0, 0.05) is 18.2 Å². The van der Waals surface area contributed by atoms with Crippen LogP contribution in [0.1, 0.15) is 18.9 Å². The van der Waals surface area contributed by atoms with Gasteiger partial charge in [-0.15, -0.1) is 0 Å². The Morgan fingerprint density at radius 3 is 2.69 bits per heavy atom. The molecule has 2 rings (SSSR count). The number of benzene rings is 1. The lowest BCUT2D eigenvalue weighted by molar-refractivity contribution is 0.114. The largest absolute Gasteiger partial charge is 0.449 e. The molecule has 3 heteroatoms. The SMILES string of the molecule is CCC1COC(=O)N(c2ccc(C)cc2)C1. The van der Waals surface area contributed by atoms with Gasteiger partial charge in [0.05, 0.1) is 6.61 Å². The minimum atomic E-state index is -0.228. The minimum Gasteiger partial charge on any atom is -0.449 e. The molecule has 1 aliphatic heterocycles. The standard InChI is InChI=1S/C13H17NO2/c1-3-11-8-14(13(15)16-9-11)12-6-4-10(2)5-7-12/h4-7,11H,3,8-9H2,1-2H3. The zero-order valence-corrected chi connectivity index (χ0v) is 9.77. The molecule has 86 valence electrons. The highest BCUT2D eigenvalue weighted by Gasteiger charge is 2.26. The Balaban J connectivity index is 2.17. The Labute approximate surface area is 96.0 Å². The summed E-state index contributed by atoms with van der Waals surface area (Å²) in [6.45, 7) is 5.47. The van der Waals surface area contributed by atoms with Crippen molar-refractivity contribution in [2.45, 2.75) is 20.3 Å². The quantitative estimate of drug-likeness (QED) is 0.765. The normalized spacial score (nSPS) is 20.8. The summed E-state index contributed by atoms with van der Waals surface area (Å²) in [5.41, 5.74) is 2.12. The lowest BCUT2D eigenvalue weighted by Gasteiger charge is -2.31. The fourth-order valence-corrected chi connectivity index (χ4v) is 1.83. The Morgan fingerprint density at radius 2 is 2.06 bits per heavy atom. The molecule has 0 aromatic heterocycles. The molecule has 0 radical (unpaired) electrons. The molecule has 0 bridgehead atoms. The maximum atomic E-state index is 11.6. The molecular formula is C13H17NO2. The molecule has 0 spiro atoms. The van der Waals surface area contributed by atoms with Gasteiger partial charge in [-0.3, -0.25) is 4.90 Å². The highest BCUT2D eigenvalue weighted by Crippen LogP contribution is 2.22. The van der Waals surface area contributed by atoms with E-state index in [1.807, 2.05) is 31.2 Å². The number of rotatable bonds is 2. The number of anilines is 1. The van der Waals surface area contributed by atoms with Crippen LogP contribution in [-0.4, -0.2) is 19.2 Å². The highest BCUT2D eigenvalue weighted by molar-refractivity contribution is 5.88. The maximum Gasteiger partial charge on any atom is 0.414 e. The van der Waals surface area contributed by atoms with Crippen LogP contribution in [0.3, 0.4) is 0 Å². The molecule has 3 nitrogen and oxygen atoms in total. The molecule has 1 fully saturated rings. The molecule has 1 aromatic carbocycles. The third-order valence-electron chi connectivity index (χ3n) is 3.03. The van der Waals surface area contributed by atoms with Gasteiger partial charge in [-0.2, -0.15) is 0 Å². The van der Waals surface area contributed by atoms with E-state index in [2.05, 4.69) is 6.92 Å². The first-order chi connectivity index (χ1) is 7.70. The Kier molecular flexibility index (Phi) is 3.13. The number of nitrogens with zero attached hydrogens (tertiary/aromatic N) is 1. The van der Waals surface area contributed by atoms with E-state index >= 15 is 0 Å². The third-order valence-corrected chi connectivity index (χ3v) is 3.03. The third kappa shape index (κ3) is 2.18. The van der Waals surface area contributed by atoms with Crippen molar-refractivity contribution >= 4 is 11.8 Å². The number of cyclic esters (lactones) is 1. The molecule has 1 aliphatic rings. The average molecular weight is 219 g/mol. The molecule has 1 atom stereocenters. The van der Waals surface area contributed by atoms with E-state index in [0.29, 0.717) is 12.5 Å². The van der Waals surface area contributed by atoms with Gasteiger partial charge < -0.3 is 4.74 Å². The minimum absolute atomic E-state index is 0.228. The van der Waals surface area contributed by atoms with Crippen molar-refractivity contribution in [1.29, 1.82) is 0 Å². The molecule has 1 unspecified atom stereocenters.